The fraction of sp³-hybridized carbons (Fsp3) is 0.192. The molecule has 0 atom stereocenters. The van der Waals surface area contributed by atoms with Crippen molar-refractivity contribution in [3.63, 3.8) is 0 Å². The molecule has 0 saturated carbocycles. The Morgan fingerprint density at radius 3 is 2.34 bits per heavy atom. The Balaban J connectivity index is 1.58. The Kier molecular flexibility index (Phi) is 6.97. The van der Waals surface area contributed by atoms with Gasteiger partial charge in [-0.15, -0.1) is 5.10 Å². The molecular formula is C26H24N4O4S. The molecule has 1 amide bonds. The van der Waals surface area contributed by atoms with Gasteiger partial charge in [0.15, 0.2) is 5.17 Å². The predicted molar refractivity (Wildman–Crippen MR) is 138 cm³/mol. The second kappa shape index (κ2) is 10.1. The van der Waals surface area contributed by atoms with Crippen LogP contribution in [0.15, 0.2) is 86.5 Å². The number of hydrogen-bond donors (Lipinski definition) is 0. The quantitative estimate of drug-likeness (QED) is 0.183. The highest BCUT2D eigenvalue weighted by atomic mass is 32.2. The molecule has 35 heavy (non-hydrogen) atoms. The Bertz CT molecular complexity index is 1300. The summed E-state index contributed by atoms with van der Waals surface area (Å²) in [6, 6.07) is 17.7. The summed E-state index contributed by atoms with van der Waals surface area (Å²) in [5.74, 6) is 0.442. The molecule has 3 aromatic rings. The fourth-order valence-electron chi connectivity index (χ4n) is 3.34. The van der Waals surface area contributed by atoms with Gasteiger partial charge < -0.3 is 4.42 Å². The molecule has 0 aliphatic carbocycles. The van der Waals surface area contributed by atoms with Crippen LogP contribution < -0.4 is 0 Å². The number of amidine groups is 1. The number of furan rings is 1. The SMILES string of the molecule is CC(C)(C)c1ccc(/C=C2\S/C(=N\N=C\c3ccc([N+](=O)[O-])cc3)N(Cc3ccco3)C2=O)cc1. The zero-order valence-corrected chi connectivity index (χ0v) is 20.4. The molecule has 1 saturated heterocycles. The van der Waals surface area contributed by atoms with Crippen LogP contribution in [0.25, 0.3) is 6.08 Å². The van der Waals surface area contributed by atoms with E-state index in [0.717, 1.165) is 5.56 Å². The van der Waals surface area contributed by atoms with E-state index in [2.05, 4.69) is 43.1 Å². The maximum absolute atomic E-state index is 13.2. The summed E-state index contributed by atoms with van der Waals surface area (Å²) in [5.41, 5.74) is 2.84. The average molecular weight is 489 g/mol. The number of nitro benzene ring substituents is 1. The van der Waals surface area contributed by atoms with Crippen molar-refractivity contribution in [3.8, 4) is 0 Å². The summed E-state index contributed by atoms with van der Waals surface area (Å²) >= 11 is 1.24. The highest BCUT2D eigenvalue weighted by molar-refractivity contribution is 8.18. The summed E-state index contributed by atoms with van der Waals surface area (Å²) in [6.07, 6.45) is 4.89. The lowest BCUT2D eigenvalue weighted by Gasteiger charge is -2.18. The number of hydrogen-bond acceptors (Lipinski definition) is 7. The maximum Gasteiger partial charge on any atom is 0.269 e. The van der Waals surface area contributed by atoms with Gasteiger partial charge in [0, 0.05) is 12.1 Å². The van der Waals surface area contributed by atoms with Crippen molar-refractivity contribution < 1.29 is 14.1 Å². The molecule has 0 bridgehead atoms. The lowest BCUT2D eigenvalue weighted by Crippen LogP contribution is -2.28. The number of nitrogens with zero attached hydrogens (tertiary/aromatic N) is 4. The maximum atomic E-state index is 13.2. The number of nitro groups is 1. The van der Waals surface area contributed by atoms with Crippen LogP contribution in [0.3, 0.4) is 0 Å². The largest absolute Gasteiger partial charge is 0.467 e. The minimum absolute atomic E-state index is 0.000318. The third-order valence-corrected chi connectivity index (χ3v) is 6.31. The van der Waals surface area contributed by atoms with E-state index >= 15 is 0 Å². The topological polar surface area (TPSA) is 101 Å². The van der Waals surface area contributed by atoms with E-state index in [1.54, 1.807) is 30.5 Å². The fourth-order valence-corrected chi connectivity index (χ4v) is 4.27. The van der Waals surface area contributed by atoms with Crippen molar-refractivity contribution in [3.05, 3.63) is 104 Å². The van der Waals surface area contributed by atoms with E-state index in [4.69, 9.17) is 4.42 Å². The number of non-ortho nitro benzene ring substituents is 1. The number of thioether (sulfide) groups is 1. The summed E-state index contributed by atoms with van der Waals surface area (Å²) < 4.78 is 5.42. The van der Waals surface area contributed by atoms with Gasteiger partial charge >= 0.3 is 0 Å². The molecule has 0 unspecified atom stereocenters. The smallest absolute Gasteiger partial charge is 0.269 e. The number of rotatable bonds is 6. The molecule has 1 aliphatic heterocycles. The van der Waals surface area contributed by atoms with Gasteiger partial charge in [-0.3, -0.25) is 19.8 Å². The van der Waals surface area contributed by atoms with Crippen molar-refractivity contribution in [1.82, 2.24) is 4.90 Å². The number of carbonyl (C=O) groups excluding carboxylic acids is 1. The Labute approximate surface area is 207 Å². The van der Waals surface area contributed by atoms with Crippen LogP contribution in [-0.4, -0.2) is 27.1 Å². The molecule has 1 fully saturated rings. The van der Waals surface area contributed by atoms with E-state index in [0.29, 0.717) is 21.4 Å². The normalized spacial score (nSPS) is 16.7. The van der Waals surface area contributed by atoms with Gasteiger partial charge in [-0.2, -0.15) is 5.10 Å². The van der Waals surface area contributed by atoms with Crippen LogP contribution in [0, 0.1) is 10.1 Å². The summed E-state index contributed by atoms with van der Waals surface area (Å²) in [7, 11) is 0. The van der Waals surface area contributed by atoms with Crippen molar-refractivity contribution in [1.29, 1.82) is 0 Å². The lowest BCUT2D eigenvalue weighted by atomic mass is 9.87. The second-order valence-corrected chi connectivity index (χ2v) is 9.94. The van der Waals surface area contributed by atoms with Gasteiger partial charge in [0.25, 0.3) is 11.6 Å². The Morgan fingerprint density at radius 2 is 1.74 bits per heavy atom. The van der Waals surface area contributed by atoms with Crippen molar-refractivity contribution in [2.75, 3.05) is 0 Å². The molecule has 0 N–H and O–H groups in total. The zero-order chi connectivity index (χ0) is 25.0. The first-order chi connectivity index (χ1) is 16.7. The van der Waals surface area contributed by atoms with E-state index in [1.165, 1.54) is 40.6 Å². The predicted octanol–water partition coefficient (Wildman–Crippen LogP) is 5.99. The number of amides is 1. The van der Waals surface area contributed by atoms with Crippen LogP contribution in [0.1, 0.15) is 43.2 Å². The zero-order valence-electron chi connectivity index (χ0n) is 19.5. The van der Waals surface area contributed by atoms with E-state index < -0.39 is 4.92 Å². The van der Waals surface area contributed by atoms with Gasteiger partial charge in [-0.05, 0) is 64.2 Å². The van der Waals surface area contributed by atoms with Crippen LogP contribution in [0.5, 0.6) is 0 Å². The molecular weight excluding hydrogens is 464 g/mol. The van der Waals surface area contributed by atoms with Gasteiger partial charge in [-0.1, -0.05) is 45.0 Å². The van der Waals surface area contributed by atoms with Crippen molar-refractivity contribution >= 4 is 40.8 Å². The molecule has 0 radical (unpaired) electrons. The minimum Gasteiger partial charge on any atom is -0.467 e. The monoisotopic (exact) mass is 488 g/mol. The molecule has 2 aromatic carbocycles. The Morgan fingerprint density at radius 1 is 1.06 bits per heavy atom. The number of carbonyl (C=O) groups is 1. The van der Waals surface area contributed by atoms with Gasteiger partial charge in [-0.25, -0.2) is 0 Å². The van der Waals surface area contributed by atoms with Crippen LogP contribution >= 0.6 is 11.8 Å². The third-order valence-electron chi connectivity index (χ3n) is 5.31. The first-order valence-electron chi connectivity index (χ1n) is 10.9. The van der Waals surface area contributed by atoms with Gasteiger partial charge in [0.1, 0.15) is 5.76 Å². The van der Waals surface area contributed by atoms with E-state index in [-0.39, 0.29) is 23.6 Å². The highest BCUT2D eigenvalue weighted by Gasteiger charge is 2.34. The third kappa shape index (κ3) is 5.93. The molecule has 0 spiro atoms. The molecule has 8 nitrogen and oxygen atoms in total. The highest BCUT2D eigenvalue weighted by Crippen LogP contribution is 2.34. The van der Waals surface area contributed by atoms with Gasteiger partial charge in [0.05, 0.1) is 28.9 Å². The summed E-state index contributed by atoms with van der Waals surface area (Å²) in [5, 5.41) is 19.6. The van der Waals surface area contributed by atoms with Crippen molar-refractivity contribution in [2.24, 2.45) is 10.2 Å². The molecule has 9 heteroatoms. The summed E-state index contributed by atoms with van der Waals surface area (Å²) in [4.78, 5) is 25.6. The Hall–Kier alpha value is -3.98. The van der Waals surface area contributed by atoms with Gasteiger partial charge in [0.2, 0.25) is 0 Å². The minimum atomic E-state index is -0.459. The van der Waals surface area contributed by atoms with E-state index in [9.17, 15) is 14.9 Å². The average Bonchev–Trinajstić information content (AvgIpc) is 3.43. The first-order valence-corrected chi connectivity index (χ1v) is 11.7. The van der Waals surface area contributed by atoms with E-state index in [1.807, 2.05) is 18.2 Å². The summed E-state index contributed by atoms with van der Waals surface area (Å²) in [6.45, 7) is 6.70. The van der Waals surface area contributed by atoms with Crippen LogP contribution in [-0.2, 0) is 16.8 Å². The van der Waals surface area contributed by atoms with Crippen LogP contribution in [0.4, 0.5) is 5.69 Å². The van der Waals surface area contributed by atoms with Crippen LogP contribution in [0.2, 0.25) is 0 Å². The first kappa shape index (κ1) is 24.2. The molecule has 4 rings (SSSR count). The standard InChI is InChI=1S/C26H24N4O4S/c1-26(2,3)20-10-6-18(7-11-20)15-23-24(31)29(17-22-5-4-14-34-22)25(35-23)28-27-16-19-8-12-21(13-9-19)30(32)33/h4-16H,17H2,1-3H3/b23-15-,27-16+,28-25-. The number of benzene rings is 2. The molecule has 2 heterocycles. The second-order valence-electron chi connectivity index (χ2n) is 8.93. The molecule has 178 valence electrons. The lowest BCUT2D eigenvalue weighted by molar-refractivity contribution is -0.384. The van der Waals surface area contributed by atoms with Crippen molar-refractivity contribution in [2.45, 2.75) is 32.7 Å². The molecule has 1 aromatic heterocycles. The molecule has 1 aliphatic rings.